The lowest BCUT2D eigenvalue weighted by Gasteiger charge is -2.33. The van der Waals surface area contributed by atoms with Gasteiger partial charge in [-0.25, -0.2) is 0 Å². The van der Waals surface area contributed by atoms with Gasteiger partial charge in [-0.1, -0.05) is 42.5 Å². The Labute approximate surface area is 181 Å². The van der Waals surface area contributed by atoms with E-state index in [1.54, 1.807) is 7.11 Å². The summed E-state index contributed by atoms with van der Waals surface area (Å²) in [5.74, 6) is 1.87. The first-order valence-electron chi connectivity index (χ1n) is 11.2. The molecule has 0 aromatic heterocycles. The van der Waals surface area contributed by atoms with Crippen LogP contribution in [0.15, 0.2) is 59.6 Å². The van der Waals surface area contributed by atoms with Crippen LogP contribution in [0.5, 0.6) is 5.75 Å². The minimum Gasteiger partial charge on any atom is -0.497 e. The van der Waals surface area contributed by atoms with Gasteiger partial charge in [0.1, 0.15) is 5.75 Å². The molecule has 1 saturated heterocycles. The van der Waals surface area contributed by atoms with Gasteiger partial charge in [-0.3, -0.25) is 9.89 Å². The van der Waals surface area contributed by atoms with Gasteiger partial charge >= 0.3 is 0 Å². The van der Waals surface area contributed by atoms with Gasteiger partial charge in [0, 0.05) is 38.8 Å². The predicted molar refractivity (Wildman–Crippen MR) is 125 cm³/mol. The Balaban J connectivity index is 1.41. The predicted octanol–water partition coefficient (Wildman–Crippen LogP) is 3.85. The lowest BCUT2D eigenvalue weighted by molar-refractivity contribution is 0.198. The van der Waals surface area contributed by atoms with Crippen LogP contribution >= 0.6 is 0 Å². The van der Waals surface area contributed by atoms with Crippen LogP contribution in [-0.4, -0.2) is 50.2 Å². The van der Waals surface area contributed by atoms with E-state index in [1.165, 1.54) is 11.1 Å². The molecule has 1 heterocycles. The number of guanidine groups is 1. The lowest BCUT2D eigenvalue weighted by Crippen LogP contribution is -2.48. The van der Waals surface area contributed by atoms with Crippen molar-refractivity contribution in [2.24, 2.45) is 4.99 Å². The van der Waals surface area contributed by atoms with Gasteiger partial charge < -0.3 is 15.4 Å². The SMILES string of the molecule is CCNC(=NCCCc1cccc(OC)c1)NC1CCN(Cc2ccccc2)CC1. The Morgan fingerprint density at radius 1 is 1.07 bits per heavy atom. The number of nitrogens with one attached hydrogen (secondary N) is 2. The van der Waals surface area contributed by atoms with Crippen LogP contribution in [0.2, 0.25) is 0 Å². The Hall–Kier alpha value is -2.53. The zero-order valence-corrected chi connectivity index (χ0v) is 18.4. The number of likely N-dealkylation sites (tertiary alicyclic amines) is 1. The number of aliphatic imine (C=N–C) groups is 1. The summed E-state index contributed by atoms with van der Waals surface area (Å²) in [4.78, 5) is 7.35. The molecule has 0 radical (unpaired) electrons. The summed E-state index contributed by atoms with van der Waals surface area (Å²) in [5, 5.41) is 7.05. The molecule has 0 aliphatic carbocycles. The molecule has 0 atom stereocenters. The molecular weight excluding hydrogens is 372 g/mol. The maximum Gasteiger partial charge on any atom is 0.191 e. The van der Waals surface area contributed by atoms with E-state index in [4.69, 9.17) is 9.73 Å². The van der Waals surface area contributed by atoms with Gasteiger partial charge in [0.2, 0.25) is 0 Å². The van der Waals surface area contributed by atoms with Crippen LogP contribution in [0.1, 0.15) is 37.3 Å². The molecule has 0 amide bonds. The number of aryl methyl sites for hydroxylation is 1. The van der Waals surface area contributed by atoms with Crippen molar-refractivity contribution >= 4 is 5.96 Å². The summed E-state index contributed by atoms with van der Waals surface area (Å²) in [6, 6.07) is 19.5. The van der Waals surface area contributed by atoms with E-state index in [0.717, 1.165) is 70.1 Å². The van der Waals surface area contributed by atoms with E-state index in [1.807, 2.05) is 12.1 Å². The van der Waals surface area contributed by atoms with Crippen molar-refractivity contribution in [3.8, 4) is 5.75 Å². The summed E-state index contributed by atoms with van der Waals surface area (Å²) in [6.45, 7) is 7.12. The van der Waals surface area contributed by atoms with E-state index >= 15 is 0 Å². The minimum absolute atomic E-state index is 0.494. The van der Waals surface area contributed by atoms with Gasteiger partial charge in [0.25, 0.3) is 0 Å². The summed E-state index contributed by atoms with van der Waals surface area (Å²) in [5.41, 5.74) is 2.70. The Kier molecular flexibility index (Phi) is 9.04. The summed E-state index contributed by atoms with van der Waals surface area (Å²) in [6.07, 6.45) is 4.35. The molecule has 1 aliphatic rings. The highest BCUT2D eigenvalue weighted by molar-refractivity contribution is 5.80. The van der Waals surface area contributed by atoms with Crippen LogP contribution in [0.25, 0.3) is 0 Å². The normalized spacial score (nSPS) is 15.7. The number of hydrogen-bond donors (Lipinski definition) is 2. The first-order chi connectivity index (χ1) is 14.8. The quantitative estimate of drug-likeness (QED) is 0.376. The third kappa shape index (κ3) is 7.38. The molecule has 5 nitrogen and oxygen atoms in total. The monoisotopic (exact) mass is 408 g/mol. The van der Waals surface area contributed by atoms with E-state index in [0.29, 0.717) is 6.04 Å². The Bertz CT molecular complexity index is 770. The molecule has 162 valence electrons. The highest BCUT2D eigenvalue weighted by Gasteiger charge is 2.19. The average molecular weight is 409 g/mol. The van der Waals surface area contributed by atoms with Crippen molar-refractivity contribution in [2.45, 2.75) is 45.2 Å². The van der Waals surface area contributed by atoms with Gasteiger partial charge in [0.15, 0.2) is 5.96 Å². The maximum atomic E-state index is 5.31. The number of ether oxygens (including phenoxy) is 1. The van der Waals surface area contributed by atoms with Crippen LogP contribution in [-0.2, 0) is 13.0 Å². The molecule has 30 heavy (non-hydrogen) atoms. The minimum atomic E-state index is 0.494. The van der Waals surface area contributed by atoms with Gasteiger partial charge in [-0.05, 0) is 55.9 Å². The van der Waals surface area contributed by atoms with Crippen molar-refractivity contribution in [2.75, 3.05) is 33.3 Å². The average Bonchev–Trinajstić information content (AvgIpc) is 2.79. The maximum absolute atomic E-state index is 5.31. The van der Waals surface area contributed by atoms with E-state index in [9.17, 15) is 0 Å². The third-order valence-electron chi connectivity index (χ3n) is 5.55. The summed E-state index contributed by atoms with van der Waals surface area (Å²) < 4.78 is 5.31. The molecule has 1 fully saturated rings. The molecule has 0 spiro atoms. The summed E-state index contributed by atoms with van der Waals surface area (Å²) in [7, 11) is 1.71. The molecule has 0 bridgehead atoms. The van der Waals surface area contributed by atoms with E-state index in [-0.39, 0.29) is 0 Å². The number of nitrogens with zero attached hydrogens (tertiary/aromatic N) is 2. The zero-order chi connectivity index (χ0) is 21.0. The number of piperidine rings is 1. The fourth-order valence-electron chi connectivity index (χ4n) is 3.89. The first-order valence-corrected chi connectivity index (χ1v) is 11.2. The second-order valence-electron chi connectivity index (χ2n) is 7.90. The number of benzene rings is 2. The molecule has 5 heteroatoms. The molecule has 0 unspecified atom stereocenters. The van der Waals surface area contributed by atoms with Gasteiger partial charge in [-0.15, -0.1) is 0 Å². The second-order valence-corrected chi connectivity index (χ2v) is 7.90. The molecule has 2 aromatic carbocycles. The molecule has 0 saturated carbocycles. The topological polar surface area (TPSA) is 48.9 Å². The van der Waals surface area contributed by atoms with Crippen LogP contribution in [0, 0.1) is 0 Å². The van der Waals surface area contributed by atoms with Gasteiger partial charge in [-0.2, -0.15) is 0 Å². The van der Waals surface area contributed by atoms with E-state index in [2.05, 4.69) is 64.9 Å². The van der Waals surface area contributed by atoms with Crippen LogP contribution in [0.4, 0.5) is 0 Å². The molecule has 2 aromatic rings. The highest BCUT2D eigenvalue weighted by Crippen LogP contribution is 2.15. The molecule has 2 N–H and O–H groups in total. The lowest BCUT2D eigenvalue weighted by atomic mass is 10.0. The summed E-state index contributed by atoms with van der Waals surface area (Å²) >= 11 is 0. The fraction of sp³-hybridized carbons (Fsp3) is 0.480. The van der Waals surface area contributed by atoms with Crippen LogP contribution < -0.4 is 15.4 Å². The first kappa shape index (κ1) is 22.2. The fourth-order valence-corrected chi connectivity index (χ4v) is 3.89. The Morgan fingerprint density at radius 3 is 2.57 bits per heavy atom. The number of rotatable bonds is 9. The number of methoxy groups -OCH3 is 1. The molecule has 1 aliphatic heterocycles. The van der Waals surface area contributed by atoms with Crippen molar-refractivity contribution in [3.05, 3.63) is 65.7 Å². The van der Waals surface area contributed by atoms with Crippen molar-refractivity contribution in [3.63, 3.8) is 0 Å². The third-order valence-corrected chi connectivity index (χ3v) is 5.55. The molecular formula is C25H36N4O. The van der Waals surface area contributed by atoms with Crippen molar-refractivity contribution in [1.82, 2.24) is 15.5 Å². The second kappa shape index (κ2) is 12.2. The standard InChI is InChI=1S/C25H36N4O/c1-3-26-25(27-16-8-12-21-11-7-13-24(19-21)30-2)28-23-14-17-29(18-15-23)20-22-9-5-4-6-10-22/h4-7,9-11,13,19,23H,3,8,12,14-18,20H2,1-2H3,(H2,26,27,28). The zero-order valence-electron chi connectivity index (χ0n) is 18.4. The van der Waals surface area contributed by atoms with Crippen molar-refractivity contribution < 1.29 is 4.74 Å². The van der Waals surface area contributed by atoms with Gasteiger partial charge in [0.05, 0.1) is 7.11 Å². The smallest absolute Gasteiger partial charge is 0.191 e. The molecule has 3 rings (SSSR count). The Morgan fingerprint density at radius 2 is 1.83 bits per heavy atom. The number of hydrogen-bond acceptors (Lipinski definition) is 3. The largest absolute Gasteiger partial charge is 0.497 e. The highest BCUT2D eigenvalue weighted by atomic mass is 16.5. The van der Waals surface area contributed by atoms with Crippen molar-refractivity contribution in [1.29, 1.82) is 0 Å². The van der Waals surface area contributed by atoms with E-state index < -0.39 is 0 Å². The van der Waals surface area contributed by atoms with Crippen LogP contribution in [0.3, 0.4) is 0 Å².